The maximum absolute atomic E-state index is 12.6. The first-order chi connectivity index (χ1) is 16.3. The van der Waals surface area contributed by atoms with Crippen molar-refractivity contribution in [3.63, 3.8) is 0 Å². The topological polar surface area (TPSA) is 127 Å². The molecule has 1 fully saturated rings. The van der Waals surface area contributed by atoms with Gasteiger partial charge in [0.05, 0.1) is 18.3 Å². The minimum Gasteiger partial charge on any atom is -0.369 e. The third kappa shape index (κ3) is 6.68. The number of hydrogen-bond acceptors (Lipinski definition) is 8. The number of aromatic nitrogens is 1. The van der Waals surface area contributed by atoms with Gasteiger partial charge in [-0.15, -0.1) is 0 Å². The van der Waals surface area contributed by atoms with E-state index in [4.69, 9.17) is 11.0 Å². The summed E-state index contributed by atoms with van der Waals surface area (Å²) < 4.78 is 4.53. The van der Waals surface area contributed by atoms with Crippen molar-refractivity contribution in [2.45, 2.75) is 33.2 Å². The molecule has 1 saturated heterocycles. The van der Waals surface area contributed by atoms with Crippen LogP contribution in [-0.4, -0.2) is 66.4 Å². The number of carbonyl (C=O) groups excluding carboxylic acids is 2. The molecule has 1 aliphatic heterocycles. The van der Waals surface area contributed by atoms with Gasteiger partial charge in [0.15, 0.2) is 0 Å². The van der Waals surface area contributed by atoms with Crippen molar-refractivity contribution in [3.05, 3.63) is 30.0 Å². The van der Waals surface area contributed by atoms with Crippen molar-refractivity contribution in [3.8, 4) is 17.2 Å². The molecule has 1 atom stereocenters. The number of carbonyl (C=O) groups is 2. The van der Waals surface area contributed by atoms with Crippen LogP contribution in [0.4, 0.5) is 10.7 Å². The van der Waals surface area contributed by atoms with Crippen molar-refractivity contribution in [2.24, 2.45) is 11.7 Å². The Labute approximate surface area is 205 Å². The quantitative estimate of drug-likeness (QED) is 0.442. The lowest BCUT2D eigenvalue weighted by Crippen LogP contribution is -2.48. The Morgan fingerprint density at radius 1 is 1.21 bits per heavy atom. The molecule has 1 aromatic heterocycles. The Morgan fingerprint density at radius 3 is 2.47 bits per heavy atom. The first-order valence-corrected chi connectivity index (χ1v) is 12.3. The van der Waals surface area contributed by atoms with E-state index in [0.717, 1.165) is 53.7 Å². The number of rotatable bonds is 10. The van der Waals surface area contributed by atoms with Crippen LogP contribution >= 0.6 is 11.5 Å². The Balaban J connectivity index is 1.73. The van der Waals surface area contributed by atoms with Crippen LogP contribution in [0.3, 0.4) is 0 Å². The van der Waals surface area contributed by atoms with Crippen LogP contribution in [0, 0.1) is 24.2 Å². The Morgan fingerprint density at radius 2 is 1.88 bits per heavy atom. The molecule has 2 amide bonds. The minimum atomic E-state index is -0.442. The molecule has 0 spiro atoms. The summed E-state index contributed by atoms with van der Waals surface area (Å²) >= 11 is 1.35. The van der Waals surface area contributed by atoms with E-state index >= 15 is 0 Å². The zero-order chi connectivity index (χ0) is 24.7. The SMILES string of the molecule is Cc1nsc(N[C@@H](CC(C)C)C(=O)NCC#N)c1-c1ccc(N2CCN(CC(N)=O)CC2)cc1. The van der Waals surface area contributed by atoms with Crippen LogP contribution in [0.5, 0.6) is 0 Å². The van der Waals surface area contributed by atoms with Crippen LogP contribution < -0.4 is 21.3 Å². The molecule has 0 aliphatic carbocycles. The average Bonchev–Trinajstić information content (AvgIpc) is 3.16. The fourth-order valence-corrected chi connectivity index (χ4v) is 5.01. The molecule has 0 radical (unpaired) electrons. The highest BCUT2D eigenvalue weighted by molar-refractivity contribution is 7.11. The van der Waals surface area contributed by atoms with Crippen molar-refractivity contribution in [2.75, 3.05) is 49.5 Å². The summed E-state index contributed by atoms with van der Waals surface area (Å²) in [5.74, 6) is -0.163. The van der Waals surface area contributed by atoms with Gasteiger partial charge in [0.25, 0.3) is 0 Å². The highest BCUT2D eigenvalue weighted by Gasteiger charge is 2.23. The zero-order valence-electron chi connectivity index (χ0n) is 20.0. The average molecular weight is 484 g/mol. The van der Waals surface area contributed by atoms with Gasteiger partial charge >= 0.3 is 0 Å². The lowest BCUT2D eigenvalue weighted by molar-refractivity contribution is -0.122. The number of nitriles is 1. The van der Waals surface area contributed by atoms with Gasteiger partial charge in [-0.2, -0.15) is 9.64 Å². The van der Waals surface area contributed by atoms with Gasteiger partial charge in [-0.05, 0) is 48.5 Å². The number of amides is 2. The van der Waals surface area contributed by atoms with Crippen LogP contribution in [0.15, 0.2) is 24.3 Å². The number of hydrogen-bond donors (Lipinski definition) is 3. The van der Waals surface area contributed by atoms with E-state index in [0.29, 0.717) is 18.9 Å². The van der Waals surface area contributed by atoms with E-state index in [9.17, 15) is 9.59 Å². The predicted octanol–water partition coefficient (Wildman–Crippen LogP) is 2.19. The monoisotopic (exact) mass is 483 g/mol. The molecule has 2 aromatic rings. The molecule has 10 heteroatoms. The lowest BCUT2D eigenvalue weighted by atomic mass is 10.0. The third-order valence-corrected chi connectivity index (χ3v) is 6.68. The van der Waals surface area contributed by atoms with E-state index in [1.165, 1.54) is 11.5 Å². The molecule has 0 saturated carbocycles. The molecule has 34 heavy (non-hydrogen) atoms. The normalized spacial score (nSPS) is 15.1. The number of nitrogens with one attached hydrogen (secondary N) is 2. The van der Waals surface area contributed by atoms with E-state index in [1.54, 1.807) is 0 Å². The summed E-state index contributed by atoms with van der Waals surface area (Å²) in [6.45, 7) is 9.68. The first-order valence-electron chi connectivity index (χ1n) is 11.5. The zero-order valence-corrected chi connectivity index (χ0v) is 20.8. The van der Waals surface area contributed by atoms with E-state index in [2.05, 4.69) is 62.9 Å². The van der Waals surface area contributed by atoms with Gasteiger partial charge in [0.1, 0.15) is 17.6 Å². The van der Waals surface area contributed by atoms with Gasteiger partial charge in [0.2, 0.25) is 11.8 Å². The second-order valence-corrected chi connectivity index (χ2v) is 9.72. The van der Waals surface area contributed by atoms with E-state index < -0.39 is 6.04 Å². The largest absolute Gasteiger partial charge is 0.369 e. The van der Waals surface area contributed by atoms with Crippen LogP contribution in [0.25, 0.3) is 11.1 Å². The van der Waals surface area contributed by atoms with Gasteiger partial charge in [-0.1, -0.05) is 26.0 Å². The second kappa shape index (κ2) is 11.8. The minimum absolute atomic E-state index is 0.0120. The summed E-state index contributed by atoms with van der Waals surface area (Å²) in [6, 6.07) is 9.89. The van der Waals surface area contributed by atoms with E-state index in [1.807, 2.05) is 13.0 Å². The number of anilines is 2. The molecule has 4 N–H and O–H groups in total. The number of primary amides is 1. The number of nitrogens with zero attached hydrogens (tertiary/aromatic N) is 4. The fourth-order valence-electron chi connectivity index (χ4n) is 4.14. The molecule has 9 nitrogen and oxygen atoms in total. The maximum atomic E-state index is 12.6. The Hall–Kier alpha value is -3.16. The highest BCUT2D eigenvalue weighted by atomic mass is 32.1. The highest BCUT2D eigenvalue weighted by Crippen LogP contribution is 2.36. The summed E-state index contributed by atoms with van der Waals surface area (Å²) in [7, 11) is 0. The van der Waals surface area contributed by atoms with Gasteiger partial charge in [-0.3, -0.25) is 14.5 Å². The molecule has 182 valence electrons. The van der Waals surface area contributed by atoms with Crippen molar-refractivity contribution in [1.82, 2.24) is 14.6 Å². The molecule has 2 heterocycles. The maximum Gasteiger partial charge on any atom is 0.243 e. The fraction of sp³-hybridized carbons (Fsp3) is 0.500. The van der Waals surface area contributed by atoms with Crippen LogP contribution in [0.1, 0.15) is 26.0 Å². The summed E-state index contributed by atoms with van der Waals surface area (Å²) in [5, 5.41) is 15.7. The summed E-state index contributed by atoms with van der Waals surface area (Å²) in [5.41, 5.74) is 9.37. The number of piperazine rings is 1. The van der Waals surface area contributed by atoms with Crippen LogP contribution in [0.2, 0.25) is 0 Å². The molecule has 0 bridgehead atoms. The smallest absolute Gasteiger partial charge is 0.243 e. The third-order valence-electron chi connectivity index (χ3n) is 5.81. The molecular weight excluding hydrogens is 450 g/mol. The predicted molar refractivity (Wildman–Crippen MR) is 136 cm³/mol. The molecular formula is C24H33N7O2S. The van der Waals surface area contributed by atoms with Gasteiger partial charge < -0.3 is 21.3 Å². The number of benzene rings is 1. The Bertz CT molecular complexity index is 1020. The lowest BCUT2D eigenvalue weighted by Gasteiger charge is -2.35. The van der Waals surface area contributed by atoms with Crippen molar-refractivity contribution in [1.29, 1.82) is 5.26 Å². The second-order valence-electron chi connectivity index (χ2n) is 8.95. The molecule has 3 rings (SSSR count). The Kier molecular flexibility index (Phi) is 8.85. The number of nitrogens with two attached hydrogens (primary N) is 1. The summed E-state index contributed by atoms with van der Waals surface area (Å²) in [4.78, 5) is 28.2. The summed E-state index contributed by atoms with van der Waals surface area (Å²) in [6.07, 6.45) is 0.647. The van der Waals surface area contributed by atoms with Gasteiger partial charge in [0, 0.05) is 37.4 Å². The van der Waals surface area contributed by atoms with Crippen LogP contribution in [-0.2, 0) is 9.59 Å². The standard InChI is InChI=1S/C24H33N7O2S/c1-16(2)14-20(23(33)27-9-8-25)28-24-22(17(3)29-34-24)18-4-6-19(7-5-18)31-12-10-30(11-13-31)15-21(26)32/h4-7,16,20,28H,9-15H2,1-3H3,(H2,26,32)(H,27,33)/t20-/m0/s1. The molecule has 1 aromatic carbocycles. The van der Waals surface area contributed by atoms with Crippen molar-refractivity contribution >= 4 is 34.0 Å². The number of aryl methyl sites for hydroxylation is 1. The van der Waals surface area contributed by atoms with Crippen molar-refractivity contribution < 1.29 is 9.59 Å². The molecule has 0 unspecified atom stereocenters. The van der Waals surface area contributed by atoms with Gasteiger partial charge in [-0.25, -0.2) is 0 Å². The van der Waals surface area contributed by atoms with E-state index in [-0.39, 0.29) is 18.4 Å². The molecule has 1 aliphatic rings. The first kappa shape index (κ1) is 25.5.